The van der Waals surface area contributed by atoms with Crippen LogP contribution in [0.25, 0.3) is 0 Å². The van der Waals surface area contributed by atoms with Crippen LogP contribution in [-0.4, -0.2) is 48.6 Å². The van der Waals surface area contributed by atoms with Gasteiger partial charge in [-0.25, -0.2) is 4.98 Å². The van der Waals surface area contributed by atoms with E-state index in [1.54, 1.807) is 24.8 Å². The molecule has 2 N–H and O–H groups in total. The number of aromatic nitrogens is 1. The van der Waals surface area contributed by atoms with Crippen molar-refractivity contribution in [3.8, 4) is 0 Å². The van der Waals surface area contributed by atoms with Crippen LogP contribution in [0.15, 0.2) is 28.1 Å². The summed E-state index contributed by atoms with van der Waals surface area (Å²) in [5, 5.41) is 1.14. The minimum absolute atomic E-state index is 0.0136. The number of hydrogen-bond donors (Lipinski definition) is 1. The van der Waals surface area contributed by atoms with Gasteiger partial charge in [0.05, 0.1) is 22.9 Å². The molecule has 32 heavy (non-hydrogen) atoms. The summed E-state index contributed by atoms with van der Waals surface area (Å²) in [5.74, 6) is -0.974. The van der Waals surface area contributed by atoms with Crippen LogP contribution in [0, 0.1) is 0 Å². The second kappa shape index (κ2) is 8.60. The van der Waals surface area contributed by atoms with E-state index in [0.717, 1.165) is 22.8 Å². The van der Waals surface area contributed by atoms with Crippen LogP contribution in [0.4, 0.5) is 29.7 Å². The topological polar surface area (TPSA) is 126 Å². The molecule has 14 heteroatoms. The van der Waals surface area contributed by atoms with Crippen molar-refractivity contribution in [1.82, 2.24) is 9.88 Å². The molecule has 2 aromatic heterocycles. The number of anilines is 2. The Morgan fingerprint density at radius 1 is 1.44 bits per heavy atom. The Hall–Kier alpha value is -2.84. The maximum Gasteiger partial charge on any atom is 0.417 e. The summed E-state index contributed by atoms with van der Waals surface area (Å²) in [6, 6.07) is 1.45. The monoisotopic (exact) mass is 489 g/mol. The fourth-order valence-electron chi connectivity index (χ4n) is 3.63. The Labute approximate surface area is 186 Å². The van der Waals surface area contributed by atoms with Gasteiger partial charge in [-0.3, -0.25) is 14.5 Å². The molecule has 1 saturated heterocycles. The number of aldehydes is 1. The maximum atomic E-state index is 13.1. The van der Waals surface area contributed by atoms with Crippen molar-refractivity contribution < 1.29 is 31.2 Å². The molecule has 2 aromatic rings. The summed E-state index contributed by atoms with van der Waals surface area (Å²) < 4.78 is 64.3. The van der Waals surface area contributed by atoms with Gasteiger partial charge in [0.1, 0.15) is 6.04 Å². The van der Waals surface area contributed by atoms with E-state index in [4.69, 9.17) is 5.73 Å². The zero-order valence-electron chi connectivity index (χ0n) is 16.8. The van der Waals surface area contributed by atoms with E-state index in [2.05, 4.69) is 9.35 Å². The van der Waals surface area contributed by atoms with Crippen LogP contribution in [0.2, 0.25) is 0 Å². The van der Waals surface area contributed by atoms with E-state index in [1.807, 2.05) is 0 Å². The van der Waals surface area contributed by atoms with Crippen molar-refractivity contribution in [2.45, 2.75) is 38.1 Å². The molecule has 1 aliphatic rings. The van der Waals surface area contributed by atoms with Crippen molar-refractivity contribution in [3.63, 3.8) is 0 Å². The summed E-state index contributed by atoms with van der Waals surface area (Å²) in [6.07, 6.45) is -3.06. The second-order valence-corrected chi connectivity index (χ2v) is 9.08. The average molecular weight is 490 g/mol. The number of nitrogen functional groups attached to an aromatic ring is 1. The van der Waals surface area contributed by atoms with E-state index in [1.165, 1.54) is 11.1 Å². The molecule has 0 aromatic carbocycles. The minimum Gasteiger partial charge on any atom is -0.395 e. The normalized spacial score (nSPS) is 18.5. The molecule has 0 aliphatic carbocycles. The predicted molar refractivity (Wildman–Crippen MR) is 111 cm³/mol. The minimum atomic E-state index is -4.54. The van der Waals surface area contributed by atoms with Crippen LogP contribution in [0.3, 0.4) is 0 Å². The van der Waals surface area contributed by atoms with Crippen molar-refractivity contribution in [2.75, 3.05) is 17.3 Å². The predicted octanol–water partition coefficient (Wildman–Crippen LogP) is 2.63. The zero-order valence-corrected chi connectivity index (χ0v) is 18.5. The average Bonchev–Trinajstić information content (AvgIpc) is 3.27. The quantitative estimate of drug-likeness (QED) is 0.485. The van der Waals surface area contributed by atoms with Crippen molar-refractivity contribution in [2.24, 2.45) is 4.36 Å². The van der Waals surface area contributed by atoms with Crippen molar-refractivity contribution in [3.05, 3.63) is 34.8 Å². The number of nitrogens with two attached hydrogens (primary N) is 1. The van der Waals surface area contributed by atoms with Gasteiger partial charge in [0, 0.05) is 23.7 Å². The summed E-state index contributed by atoms with van der Waals surface area (Å²) in [7, 11) is -2.77. The first kappa shape index (κ1) is 23.8. The molecule has 1 aliphatic heterocycles. The number of carbonyl (C=O) groups excluding carboxylic acids is 2. The first-order valence-electron chi connectivity index (χ1n) is 9.07. The van der Waals surface area contributed by atoms with Crippen LogP contribution in [0.5, 0.6) is 0 Å². The number of thiophene rings is 1. The highest BCUT2D eigenvalue weighted by atomic mass is 32.2. The second-order valence-electron chi connectivity index (χ2n) is 7.57. The molecule has 0 saturated carbocycles. The SMILES string of the molecule is CC1(C)C(C(=O)C=O)N(c2cc(C(F)(F)F)cs2)CN1Cc1ccnc(N=S(=O)=O)c1N. The highest BCUT2D eigenvalue weighted by Gasteiger charge is 2.50. The van der Waals surface area contributed by atoms with Gasteiger partial charge in [-0.15, -0.1) is 15.7 Å². The zero-order chi connectivity index (χ0) is 23.8. The van der Waals surface area contributed by atoms with Gasteiger partial charge in [0.25, 0.3) is 0 Å². The summed E-state index contributed by atoms with van der Waals surface area (Å²) >= 11 is 0.820. The fourth-order valence-corrected chi connectivity index (χ4v) is 4.86. The first-order valence-corrected chi connectivity index (χ1v) is 11.0. The lowest BCUT2D eigenvalue weighted by Crippen LogP contribution is -2.51. The van der Waals surface area contributed by atoms with Gasteiger partial charge in [0.2, 0.25) is 5.78 Å². The number of nitrogens with zero attached hydrogens (tertiary/aromatic N) is 4. The maximum absolute atomic E-state index is 13.1. The highest BCUT2D eigenvalue weighted by molar-refractivity contribution is 7.61. The number of carbonyl (C=O) groups is 2. The van der Waals surface area contributed by atoms with Crippen LogP contribution in [0.1, 0.15) is 25.0 Å². The number of pyridine rings is 1. The molecular weight excluding hydrogens is 471 g/mol. The molecule has 0 amide bonds. The van der Waals surface area contributed by atoms with E-state index in [-0.39, 0.29) is 36.0 Å². The standard InChI is InChI=1S/C18H18F3N5O4S2/c1-17(2)15(12(28)7-27)26(13-5-11(8-31-13)18(19,20)21)9-25(17)6-10-3-4-23-16(14(10)22)24-32(29)30/h3-5,7-8,15H,6,9,22H2,1-2H3. The van der Waals surface area contributed by atoms with Gasteiger partial charge in [-0.1, -0.05) is 0 Å². The lowest BCUT2D eigenvalue weighted by Gasteiger charge is -2.34. The number of hydrogen-bond acceptors (Lipinski definition) is 10. The Bertz CT molecular complexity index is 1190. The van der Waals surface area contributed by atoms with Crippen LogP contribution < -0.4 is 10.6 Å². The molecule has 3 rings (SSSR count). The summed E-state index contributed by atoms with van der Waals surface area (Å²) in [4.78, 5) is 30.8. The molecular formula is C18H18F3N5O4S2. The summed E-state index contributed by atoms with van der Waals surface area (Å²) in [6.45, 7) is 3.50. The molecule has 0 spiro atoms. The van der Waals surface area contributed by atoms with Crippen LogP contribution >= 0.6 is 11.3 Å². The third-order valence-corrected chi connectivity index (χ3v) is 6.57. The largest absolute Gasteiger partial charge is 0.417 e. The third-order valence-electron chi connectivity index (χ3n) is 5.28. The lowest BCUT2D eigenvalue weighted by molar-refractivity contribution is -0.137. The van der Waals surface area contributed by atoms with E-state index < -0.39 is 39.6 Å². The molecule has 3 heterocycles. The van der Waals surface area contributed by atoms with Gasteiger partial charge >= 0.3 is 16.7 Å². The molecule has 1 unspecified atom stereocenters. The molecule has 172 valence electrons. The number of Topliss-reactive ketones (excluding diaryl/α,β-unsaturated/α-hetero) is 1. The van der Waals surface area contributed by atoms with E-state index in [0.29, 0.717) is 5.56 Å². The highest BCUT2D eigenvalue weighted by Crippen LogP contribution is 2.42. The Balaban J connectivity index is 2.00. The Morgan fingerprint density at radius 3 is 2.69 bits per heavy atom. The van der Waals surface area contributed by atoms with Gasteiger partial charge in [-0.2, -0.15) is 21.6 Å². The number of rotatable bonds is 6. The smallest absolute Gasteiger partial charge is 0.395 e. The molecule has 1 atom stereocenters. The van der Waals surface area contributed by atoms with Gasteiger partial charge < -0.3 is 10.6 Å². The fraction of sp³-hybridized carbons (Fsp3) is 0.389. The van der Waals surface area contributed by atoms with E-state index >= 15 is 0 Å². The van der Waals surface area contributed by atoms with E-state index in [9.17, 15) is 31.2 Å². The van der Waals surface area contributed by atoms with Gasteiger partial charge in [-0.05, 0) is 31.5 Å². The molecule has 0 bridgehead atoms. The third kappa shape index (κ3) is 4.52. The van der Waals surface area contributed by atoms with Crippen LogP contribution in [-0.2, 0) is 32.8 Å². The summed E-state index contributed by atoms with van der Waals surface area (Å²) in [5.41, 5.74) is 4.65. The Morgan fingerprint density at radius 2 is 2.12 bits per heavy atom. The first-order chi connectivity index (χ1) is 14.9. The molecule has 1 fully saturated rings. The Kier molecular flexibility index (Phi) is 6.40. The molecule has 0 radical (unpaired) electrons. The number of halogens is 3. The number of ketones is 1. The number of alkyl halides is 3. The van der Waals surface area contributed by atoms with Crippen molar-refractivity contribution >= 4 is 50.4 Å². The lowest BCUT2D eigenvalue weighted by atomic mass is 9.91. The molecule has 9 nitrogen and oxygen atoms in total. The van der Waals surface area contributed by atoms with Gasteiger partial charge in [0.15, 0.2) is 12.1 Å². The van der Waals surface area contributed by atoms with Crippen molar-refractivity contribution in [1.29, 1.82) is 0 Å².